The van der Waals surface area contributed by atoms with E-state index < -0.39 is 37.3 Å². The zero-order chi connectivity index (χ0) is 9.30. The van der Waals surface area contributed by atoms with E-state index in [1.807, 2.05) is 0 Å². The van der Waals surface area contributed by atoms with Gasteiger partial charge in [0, 0.05) is 0 Å². The SMILES string of the molecule is Br.OC[C@H]1OC(O)[C@H](O)[C@@H](O)[C@@H]1O. The van der Waals surface area contributed by atoms with E-state index >= 15 is 0 Å². The molecule has 1 unspecified atom stereocenters. The maximum Gasteiger partial charge on any atom is 0.184 e. The number of halogens is 1. The first kappa shape index (κ1) is 13.2. The van der Waals surface area contributed by atoms with Crippen LogP contribution in [0.3, 0.4) is 0 Å². The third kappa shape index (κ3) is 2.59. The summed E-state index contributed by atoms with van der Waals surface area (Å²) in [6, 6.07) is 0. The van der Waals surface area contributed by atoms with Crippen LogP contribution in [0.1, 0.15) is 0 Å². The molecule has 7 heteroatoms. The van der Waals surface area contributed by atoms with Crippen molar-refractivity contribution < 1.29 is 30.3 Å². The molecule has 1 fully saturated rings. The van der Waals surface area contributed by atoms with Crippen LogP contribution in [-0.4, -0.2) is 62.8 Å². The Morgan fingerprint density at radius 1 is 0.923 bits per heavy atom. The molecule has 0 aliphatic carbocycles. The normalized spacial score (nSPS) is 45.5. The molecule has 0 aromatic heterocycles. The highest BCUT2D eigenvalue weighted by Crippen LogP contribution is 2.18. The Labute approximate surface area is 85.2 Å². The maximum atomic E-state index is 9.12. The quantitative estimate of drug-likeness (QED) is 0.353. The van der Waals surface area contributed by atoms with Crippen molar-refractivity contribution in [3.63, 3.8) is 0 Å². The Morgan fingerprint density at radius 2 is 1.46 bits per heavy atom. The van der Waals surface area contributed by atoms with Crippen molar-refractivity contribution in [2.75, 3.05) is 6.61 Å². The molecule has 0 radical (unpaired) electrons. The molecule has 5 N–H and O–H groups in total. The smallest absolute Gasteiger partial charge is 0.184 e. The van der Waals surface area contributed by atoms with E-state index in [0.29, 0.717) is 0 Å². The topological polar surface area (TPSA) is 110 Å². The second-order valence-electron chi connectivity index (χ2n) is 2.72. The first-order valence-electron chi connectivity index (χ1n) is 3.56. The van der Waals surface area contributed by atoms with Crippen molar-refractivity contribution in [1.82, 2.24) is 0 Å². The average Bonchev–Trinajstić information content (AvgIpc) is 2.08. The number of rotatable bonds is 1. The highest BCUT2D eigenvalue weighted by Gasteiger charge is 2.42. The molecule has 1 aliphatic rings. The van der Waals surface area contributed by atoms with E-state index in [2.05, 4.69) is 4.74 Å². The van der Waals surface area contributed by atoms with Gasteiger partial charge >= 0.3 is 0 Å². The molecule has 1 aliphatic heterocycles. The van der Waals surface area contributed by atoms with E-state index in [4.69, 9.17) is 25.5 Å². The average molecular weight is 261 g/mol. The van der Waals surface area contributed by atoms with Crippen molar-refractivity contribution >= 4 is 17.0 Å². The summed E-state index contributed by atoms with van der Waals surface area (Å²) < 4.78 is 4.58. The molecule has 1 rings (SSSR count). The lowest BCUT2D eigenvalue weighted by Crippen LogP contribution is -2.58. The van der Waals surface area contributed by atoms with E-state index in [1.54, 1.807) is 0 Å². The summed E-state index contributed by atoms with van der Waals surface area (Å²) in [5, 5.41) is 44.7. The lowest BCUT2D eigenvalue weighted by atomic mass is 10.00. The summed E-state index contributed by atoms with van der Waals surface area (Å²) in [5.41, 5.74) is 0. The number of aliphatic hydroxyl groups is 5. The first-order chi connectivity index (χ1) is 5.57. The number of hydrogen-bond donors (Lipinski definition) is 5. The first-order valence-corrected chi connectivity index (χ1v) is 3.56. The molecular formula is C6H13BrO6. The minimum atomic E-state index is -1.57. The molecule has 0 bridgehead atoms. The lowest BCUT2D eigenvalue weighted by Gasteiger charge is -2.37. The second-order valence-corrected chi connectivity index (χ2v) is 2.72. The van der Waals surface area contributed by atoms with Crippen LogP contribution in [0.15, 0.2) is 0 Å². The van der Waals surface area contributed by atoms with Gasteiger partial charge in [-0.2, -0.15) is 0 Å². The van der Waals surface area contributed by atoms with Gasteiger partial charge in [0.15, 0.2) is 6.29 Å². The Bertz CT molecular complexity index is 151. The molecular weight excluding hydrogens is 248 g/mol. The predicted molar refractivity (Wildman–Crippen MR) is 46.3 cm³/mol. The van der Waals surface area contributed by atoms with E-state index in [9.17, 15) is 0 Å². The molecule has 1 saturated heterocycles. The fourth-order valence-corrected chi connectivity index (χ4v) is 1.08. The van der Waals surface area contributed by atoms with Crippen molar-refractivity contribution in [1.29, 1.82) is 0 Å². The summed E-state index contributed by atoms with van der Waals surface area (Å²) in [4.78, 5) is 0. The van der Waals surface area contributed by atoms with Crippen LogP contribution in [0, 0.1) is 0 Å². The monoisotopic (exact) mass is 260 g/mol. The molecule has 0 saturated carbocycles. The molecule has 0 aromatic carbocycles. The molecule has 80 valence electrons. The van der Waals surface area contributed by atoms with Gasteiger partial charge in [-0.15, -0.1) is 17.0 Å². The summed E-state index contributed by atoms with van der Waals surface area (Å²) in [7, 11) is 0. The van der Waals surface area contributed by atoms with Gasteiger partial charge < -0.3 is 30.3 Å². The van der Waals surface area contributed by atoms with Gasteiger partial charge in [-0.1, -0.05) is 0 Å². The van der Waals surface area contributed by atoms with Crippen molar-refractivity contribution in [2.45, 2.75) is 30.7 Å². The van der Waals surface area contributed by atoms with Gasteiger partial charge in [0.1, 0.15) is 24.4 Å². The summed E-state index contributed by atoms with van der Waals surface area (Å²) in [6.07, 6.45) is -7.04. The van der Waals surface area contributed by atoms with E-state index in [1.165, 1.54) is 0 Å². The Hall–Kier alpha value is 0.240. The fourth-order valence-electron chi connectivity index (χ4n) is 1.08. The van der Waals surface area contributed by atoms with Crippen LogP contribution in [0.5, 0.6) is 0 Å². The molecule has 0 aromatic rings. The molecule has 13 heavy (non-hydrogen) atoms. The minimum absolute atomic E-state index is 0. The third-order valence-electron chi connectivity index (χ3n) is 1.87. The molecule has 0 spiro atoms. The van der Waals surface area contributed by atoms with Crippen LogP contribution in [-0.2, 0) is 4.74 Å². The Kier molecular flexibility index (Phi) is 5.30. The summed E-state index contributed by atoms with van der Waals surface area (Å²) in [6.45, 7) is -0.526. The molecule has 0 amide bonds. The van der Waals surface area contributed by atoms with Gasteiger partial charge in [-0.3, -0.25) is 0 Å². The largest absolute Gasteiger partial charge is 0.394 e. The van der Waals surface area contributed by atoms with Crippen molar-refractivity contribution in [2.24, 2.45) is 0 Å². The van der Waals surface area contributed by atoms with Gasteiger partial charge in [-0.05, 0) is 0 Å². The van der Waals surface area contributed by atoms with E-state index in [-0.39, 0.29) is 17.0 Å². The zero-order valence-electron chi connectivity index (χ0n) is 6.65. The lowest BCUT2D eigenvalue weighted by molar-refractivity contribution is -0.286. The fraction of sp³-hybridized carbons (Fsp3) is 1.00. The summed E-state index contributed by atoms with van der Waals surface area (Å²) in [5.74, 6) is 0. The van der Waals surface area contributed by atoms with Crippen LogP contribution in [0.25, 0.3) is 0 Å². The van der Waals surface area contributed by atoms with Gasteiger partial charge in [0.2, 0.25) is 0 Å². The van der Waals surface area contributed by atoms with Crippen molar-refractivity contribution in [3.05, 3.63) is 0 Å². The number of ether oxygens (including phenoxy) is 1. The van der Waals surface area contributed by atoms with Crippen molar-refractivity contribution in [3.8, 4) is 0 Å². The van der Waals surface area contributed by atoms with Gasteiger partial charge in [0.05, 0.1) is 6.61 Å². The van der Waals surface area contributed by atoms with Gasteiger partial charge in [-0.25, -0.2) is 0 Å². The van der Waals surface area contributed by atoms with Crippen LogP contribution in [0.4, 0.5) is 0 Å². The van der Waals surface area contributed by atoms with Gasteiger partial charge in [0.25, 0.3) is 0 Å². The maximum absolute atomic E-state index is 9.12. The molecule has 1 heterocycles. The number of hydrogen-bond acceptors (Lipinski definition) is 6. The predicted octanol–water partition coefficient (Wildman–Crippen LogP) is -2.64. The third-order valence-corrected chi connectivity index (χ3v) is 1.87. The second kappa shape index (κ2) is 5.20. The standard InChI is InChI=1S/C6H12O6.BrH/c7-1-2-3(8)4(9)5(10)6(11)12-2;/h2-11H,1H2;1H/t2-,3-,4+,5-,6?;/m1./s1. The summed E-state index contributed by atoms with van der Waals surface area (Å²) >= 11 is 0. The Morgan fingerprint density at radius 3 is 1.92 bits per heavy atom. The van der Waals surface area contributed by atoms with Crippen LogP contribution >= 0.6 is 17.0 Å². The number of aliphatic hydroxyl groups excluding tert-OH is 5. The van der Waals surface area contributed by atoms with Crippen LogP contribution < -0.4 is 0 Å². The minimum Gasteiger partial charge on any atom is -0.394 e. The van der Waals surface area contributed by atoms with E-state index in [0.717, 1.165) is 0 Å². The molecule has 6 nitrogen and oxygen atoms in total. The highest BCUT2D eigenvalue weighted by atomic mass is 79.9. The van der Waals surface area contributed by atoms with Crippen LogP contribution in [0.2, 0.25) is 0 Å². The molecule has 5 atom stereocenters. The Balaban J connectivity index is 0.00000144. The highest BCUT2D eigenvalue weighted by molar-refractivity contribution is 8.93. The zero-order valence-corrected chi connectivity index (χ0v) is 8.36.